The smallest absolute Gasteiger partial charge is 0.289 e. The molecule has 0 fully saturated rings. The Bertz CT molecular complexity index is 671. The molecule has 2 nitrogen and oxygen atoms in total. The van der Waals surface area contributed by atoms with E-state index in [2.05, 4.69) is 4.98 Å². The maximum Gasteiger partial charge on any atom is 0.417 e. The number of ketones is 1. The van der Waals surface area contributed by atoms with Gasteiger partial charge in [0.1, 0.15) is 0 Å². The number of hydrogen-bond donors (Lipinski definition) is 0. The van der Waals surface area contributed by atoms with Gasteiger partial charge >= 0.3 is 6.18 Å². The standard InChI is InChI=1S/C13H6Cl2F3NO/c14-10-2-1-7(5-11(10)15)12(20)8-6-19-4-3-9(8)13(16,17)18/h1-6H. The van der Waals surface area contributed by atoms with Gasteiger partial charge in [0.15, 0.2) is 5.78 Å². The Balaban J connectivity index is 2.51. The van der Waals surface area contributed by atoms with Gasteiger partial charge in [-0.05, 0) is 24.3 Å². The Morgan fingerprint density at radius 3 is 2.40 bits per heavy atom. The first-order valence-corrected chi connectivity index (χ1v) is 6.07. The van der Waals surface area contributed by atoms with Crippen molar-refractivity contribution in [1.82, 2.24) is 4.98 Å². The molecule has 0 saturated carbocycles. The van der Waals surface area contributed by atoms with Crippen molar-refractivity contribution in [2.24, 2.45) is 0 Å². The van der Waals surface area contributed by atoms with Crippen LogP contribution in [0.4, 0.5) is 13.2 Å². The summed E-state index contributed by atoms with van der Waals surface area (Å²) in [7, 11) is 0. The molecule has 1 heterocycles. The molecule has 20 heavy (non-hydrogen) atoms. The molecule has 0 amide bonds. The van der Waals surface area contributed by atoms with Crippen LogP contribution in [0.5, 0.6) is 0 Å². The zero-order chi connectivity index (χ0) is 14.9. The lowest BCUT2D eigenvalue weighted by molar-refractivity contribution is -0.137. The molecule has 0 aliphatic heterocycles. The first-order valence-electron chi connectivity index (χ1n) is 5.31. The average Bonchev–Trinajstić information content (AvgIpc) is 2.40. The van der Waals surface area contributed by atoms with E-state index in [4.69, 9.17) is 23.2 Å². The monoisotopic (exact) mass is 319 g/mol. The van der Waals surface area contributed by atoms with E-state index in [-0.39, 0.29) is 15.6 Å². The number of halogens is 5. The van der Waals surface area contributed by atoms with Gasteiger partial charge in [0.25, 0.3) is 0 Å². The SMILES string of the molecule is O=C(c1ccc(Cl)c(Cl)c1)c1cnccc1C(F)(F)F. The van der Waals surface area contributed by atoms with Crippen LogP contribution in [0.15, 0.2) is 36.7 Å². The molecule has 0 spiro atoms. The topological polar surface area (TPSA) is 30.0 Å². The number of pyridine rings is 1. The summed E-state index contributed by atoms with van der Waals surface area (Å²) in [6.45, 7) is 0. The number of nitrogens with zero attached hydrogens (tertiary/aromatic N) is 1. The minimum Gasteiger partial charge on any atom is -0.289 e. The summed E-state index contributed by atoms with van der Waals surface area (Å²) in [5.41, 5.74) is -1.56. The van der Waals surface area contributed by atoms with E-state index in [0.29, 0.717) is 0 Å². The van der Waals surface area contributed by atoms with E-state index >= 15 is 0 Å². The third-order valence-corrected chi connectivity index (χ3v) is 3.29. The van der Waals surface area contributed by atoms with Crippen molar-refractivity contribution in [3.63, 3.8) is 0 Å². The molecule has 7 heteroatoms. The molecule has 0 atom stereocenters. The highest BCUT2D eigenvalue weighted by Crippen LogP contribution is 2.33. The van der Waals surface area contributed by atoms with E-state index in [0.717, 1.165) is 18.5 Å². The molecule has 2 rings (SSSR count). The fraction of sp³-hybridized carbons (Fsp3) is 0.0769. The fourth-order valence-electron chi connectivity index (χ4n) is 1.62. The highest BCUT2D eigenvalue weighted by Gasteiger charge is 2.35. The maximum absolute atomic E-state index is 12.8. The van der Waals surface area contributed by atoms with Crippen LogP contribution in [-0.4, -0.2) is 10.8 Å². The highest BCUT2D eigenvalue weighted by atomic mass is 35.5. The van der Waals surface area contributed by atoms with Crippen molar-refractivity contribution in [1.29, 1.82) is 0 Å². The molecule has 1 aromatic heterocycles. The molecular formula is C13H6Cl2F3NO. The second-order valence-corrected chi connectivity index (χ2v) is 4.69. The Labute approximate surface area is 122 Å². The molecule has 104 valence electrons. The van der Waals surface area contributed by atoms with Gasteiger partial charge in [-0.25, -0.2) is 0 Å². The minimum atomic E-state index is -4.63. The van der Waals surface area contributed by atoms with Crippen LogP contribution in [0.1, 0.15) is 21.5 Å². The minimum absolute atomic E-state index is 0.0119. The van der Waals surface area contributed by atoms with Gasteiger partial charge in [-0.3, -0.25) is 9.78 Å². The zero-order valence-electron chi connectivity index (χ0n) is 9.71. The van der Waals surface area contributed by atoms with Crippen molar-refractivity contribution in [3.05, 3.63) is 63.4 Å². The number of alkyl halides is 3. The van der Waals surface area contributed by atoms with Gasteiger partial charge in [-0.2, -0.15) is 13.2 Å². The lowest BCUT2D eigenvalue weighted by Gasteiger charge is -2.11. The number of hydrogen-bond acceptors (Lipinski definition) is 2. The van der Waals surface area contributed by atoms with Crippen LogP contribution in [0.2, 0.25) is 10.0 Å². The Kier molecular flexibility index (Phi) is 4.01. The summed E-state index contributed by atoms with van der Waals surface area (Å²) in [5.74, 6) is -0.816. The molecule has 0 aliphatic rings. The second-order valence-electron chi connectivity index (χ2n) is 3.88. The molecule has 0 radical (unpaired) electrons. The summed E-state index contributed by atoms with van der Waals surface area (Å²) in [6.07, 6.45) is -2.77. The lowest BCUT2D eigenvalue weighted by atomic mass is 10.0. The fourth-order valence-corrected chi connectivity index (χ4v) is 1.91. The molecular weight excluding hydrogens is 314 g/mol. The van der Waals surface area contributed by atoms with Crippen LogP contribution in [0.3, 0.4) is 0 Å². The van der Waals surface area contributed by atoms with E-state index in [1.807, 2.05) is 0 Å². The van der Waals surface area contributed by atoms with Crippen molar-refractivity contribution in [2.45, 2.75) is 6.18 Å². The third-order valence-electron chi connectivity index (χ3n) is 2.55. The van der Waals surface area contributed by atoms with Gasteiger partial charge in [-0.15, -0.1) is 0 Å². The predicted octanol–water partition coefficient (Wildman–Crippen LogP) is 4.64. The van der Waals surface area contributed by atoms with Gasteiger partial charge in [-0.1, -0.05) is 23.2 Å². The summed E-state index contributed by atoms with van der Waals surface area (Å²) in [5, 5.41) is 0.306. The molecule has 0 aliphatic carbocycles. The molecule has 0 saturated heterocycles. The zero-order valence-corrected chi connectivity index (χ0v) is 11.2. The summed E-state index contributed by atoms with van der Waals surface area (Å²) >= 11 is 11.5. The number of carbonyl (C=O) groups is 1. The van der Waals surface area contributed by atoms with Crippen molar-refractivity contribution < 1.29 is 18.0 Å². The molecule has 1 aromatic carbocycles. The lowest BCUT2D eigenvalue weighted by Crippen LogP contribution is -2.14. The Morgan fingerprint density at radius 1 is 1.10 bits per heavy atom. The largest absolute Gasteiger partial charge is 0.417 e. The molecule has 0 N–H and O–H groups in total. The summed E-state index contributed by atoms with van der Waals surface area (Å²) < 4.78 is 38.5. The Morgan fingerprint density at radius 2 is 1.80 bits per heavy atom. The first kappa shape index (κ1) is 14.8. The highest BCUT2D eigenvalue weighted by molar-refractivity contribution is 6.42. The van der Waals surface area contributed by atoms with E-state index < -0.39 is 23.1 Å². The van der Waals surface area contributed by atoms with Crippen LogP contribution in [0, 0.1) is 0 Å². The summed E-state index contributed by atoms with van der Waals surface area (Å²) in [4.78, 5) is 15.7. The number of carbonyl (C=O) groups excluding carboxylic acids is 1. The molecule has 2 aromatic rings. The van der Waals surface area contributed by atoms with Crippen molar-refractivity contribution >= 4 is 29.0 Å². The predicted molar refractivity (Wildman–Crippen MR) is 69.1 cm³/mol. The van der Waals surface area contributed by atoms with Gasteiger partial charge in [0, 0.05) is 18.0 Å². The van der Waals surface area contributed by atoms with E-state index in [1.165, 1.54) is 18.2 Å². The van der Waals surface area contributed by atoms with Crippen LogP contribution in [-0.2, 0) is 6.18 Å². The average molecular weight is 320 g/mol. The van der Waals surface area contributed by atoms with Gasteiger partial charge < -0.3 is 0 Å². The van der Waals surface area contributed by atoms with Crippen LogP contribution < -0.4 is 0 Å². The van der Waals surface area contributed by atoms with Crippen LogP contribution >= 0.6 is 23.2 Å². The van der Waals surface area contributed by atoms with Crippen LogP contribution in [0.25, 0.3) is 0 Å². The normalized spacial score (nSPS) is 11.4. The number of rotatable bonds is 2. The second kappa shape index (κ2) is 5.42. The van der Waals surface area contributed by atoms with Crippen molar-refractivity contribution in [3.8, 4) is 0 Å². The number of aromatic nitrogens is 1. The van der Waals surface area contributed by atoms with Gasteiger partial charge in [0.05, 0.1) is 21.2 Å². The van der Waals surface area contributed by atoms with Crippen molar-refractivity contribution in [2.75, 3.05) is 0 Å². The van der Waals surface area contributed by atoms with E-state index in [9.17, 15) is 18.0 Å². The Hall–Kier alpha value is -1.59. The molecule has 0 unspecified atom stereocenters. The van der Waals surface area contributed by atoms with Gasteiger partial charge in [0.2, 0.25) is 0 Å². The number of benzene rings is 1. The quantitative estimate of drug-likeness (QED) is 0.755. The third kappa shape index (κ3) is 2.94. The first-order chi connectivity index (χ1) is 9.30. The summed E-state index contributed by atoms with van der Waals surface area (Å²) in [6, 6.07) is 4.63. The maximum atomic E-state index is 12.8. The van der Waals surface area contributed by atoms with E-state index in [1.54, 1.807) is 0 Å². The molecule has 0 bridgehead atoms.